The molecule has 0 aliphatic heterocycles. The first-order valence-corrected chi connectivity index (χ1v) is 15.5. The number of rotatable bonds is 12. The number of nitrogens with zero attached hydrogens (tertiary/aromatic N) is 2. The molecule has 4 rings (SSSR count). The van der Waals surface area contributed by atoms with Crippen molar-refractivity contribution in [3.63, 3.8) is 0 Å². The highest BCUT2D eigenvalue weighted by atomic mass is 79.9. The number of nitrogens with one attached hydrogen (secondary N) is 1. The molecule has 0 heterocycles. The van der Waals surface area contributed by atoms with Crippen molar-refractivity contribution in [3.05, 3.63) is 111 Å². The standard InChI is InChI=1S/C31H29BrClN3O6S/c1-21-9-14-28(40-2)27(15-21)36(43(38,39)25-7-5-4-6-8-25)19-30(37)35-34-18-23-16-26(32)31(29(17-23)41-3)42-20-22-10-12-24(33)13-11-22/h4-18H,19-20H2,1-3H3,(H,35,37)/b34-18-. The van der Waals surface area contributed by atoms with Crippen LogP contribution >= 0.6 is 27.5 Å². The minimum atomic E-state index is -4.13. The molecular formula is C31H29BrClN3O6S. The number of anilines is 1. The summed E-state index contributed by atoms with van der Waals surface area (Å²) in [7, 11) is -1.17. The van der Waals surface area contributed by atoms with E-state index in [-0.39, 0.29) is 10.6 Å². The Bertz CT molecular complexity index is 1720. The summed E-state index contributed by atoms with van der Waals surface area (Å²) in [6, 6.07) is 23.7. The Morgan fingerprint density at radius 3 is 2.35 bits per heavy atom. The zero-order valence-electron chi connectivity index (χ0n) is 23.6. The normalized spacial score (nSPS) is 11.3. The zero-order valence-corrected chi connectivity index (χ0v) is 26.7. The van der Waals surface area contributed by atoms with Crippen LogP contribution in [0.4, 0.5) is 5.69 Å². The number of hydrazone groups is 1. The second kappa shape index (κ2) is 14.4. The Kier molecular flexibility index (Phi) is 10.7. The van der Waals surface area contributed by atoms with Gasteiger partial charge in [0.2, 0.25) is 0 Å². The predicted octanol–water partition coefficient (Wildman–Crippen LogP) is 6.35. The molecule has 0 radical (unpaired) electrons. The number of methoxy groups -OCH3 is 2. The molecule has 0 saturated carbocycles. The number of carbonyl (C=O) groups is 1. The summed E-state index contributed by atoms with van der Waals surface area (Å²) in [4.78, 5) is 13.1. The lowest BCUT2D eigenvalue weighted by Gasteiger charge is -2.25. The lowest BCUT2D eigenvalue weighted by Crippen LogP contribution is -2.39. The van der Waals surface area contributed by atoms with Crippen molar-refractivity contribution in [2.45, 2.75) is 18.4 Å². The first kappa shape index (κ1) is 31.9. The summed E-state index contributed by atoms with van der Waals surface area (Å²) in [6.45, 7) is 1.57. The van der Waals surface area contributed by atoms with Crippen molar-refractivity contribution in [2.24, 2.45) is 5.10 Å². The van der Waals surface area contributed by atoms with Gasteiger partial charge in [-0.05, 0) is 88.1 Å². The van der Waals surface area contributed by atoms with Gasteiger partial charge in [0.25, 0.3) is 15.9 Å². The number of benzene rings is 4. The van der Waals surface area contributed by atoms with Gasteiger partial charge in [-0.2, -0.15) is 5.10 Å². The molecule has 0 aliphatic rings. The number of sulfonamides is 1. The molecule has 0 atom stereocenters. The van der Waals surface area contributed by atoms with Crippen LogP contribution in [-0.4, -0.2) is 41.3 Å². The van der Waals surface area contributed by atoms with Crippen molar-refractivity contribution in [1.82, 2.24) is 5.43 Å². The zero-order chi connectivity index (χ0) is 31.0. The molecule has 1 amide bonds. The van der Waals surface area contributed by atoms with E-state index in [1.807, 2.05) is 19.1 Å². The van der Waals surface area contributed by atoms with Crippen LogP contribution in [0.15, 0.2) is 99.4 Å². The fraction of sp³-hybridized carbons (Fsp3) is 0.161. The topological polar surface area (TPSA) is 107 Å². The molecule has 224 valence electrons. The average Bonchev–Trinajstić information content (AvgIpc) is 3.00. The molecule has 4 aromatic carbocycles. The van der Waals surface area contributed by atoms with Crippen LogP contribution in [0.2, 0.25) is 5.02 Å². The first-order valence-electron chi connectivity index (χ1n) is 12.9. The molecule has 0 aliphatic carbocycles. The quantitative estimate of drug-likeness (QED) is 0.138. The van der Waals surface area contributed by atoms with Gasteiger partial charge in [0.05, 0.1) is 35.5 Å². The molecule has 0 aromatic heterocycles. The highest BCUT2D eigenvalue weighted by Crippen LogP contribution is 2.37. The van der Waals surface area contributed by atoms with E-state index in [0.29, 0.717) is 38.9 Å². The maximum absolute atomic E-state index is 13.7. The van der Waals surface area contributed by atoms with Crippen molar-refractivity contribution >= 4 is 55.4 Å². The highest BCUT2D eigenvalue weighted by Gasteiger charge is 2.29. The SMILES string of the molecule is COc1ccc(C)cc1N(CC(=O)N/N=C\c1cc(Br)c(OCc2ccc(Cl)cc2)c(OC)c1)S(=O)(=O)c1ccccc1. The molecular weight excluding hydrogens is 658 g/mol. The van der Waals surface area contributed by atoms with Crippen LogP contribution in [-0.2, 0) is 21.4 Å². The van der Waals surface area contributed by atoms with E-state index in [1.54, 1.807) is 60.7 Å². The van der Waals surface area contributed by atoms with Gasteiger partial charge in [-0.1, -0.05) is 48.0 Å². The van der Waals surface area contributed by atoms with Gasteiger partial charge in [-0.25, -0.2) is 13.8 Å². The molecule has 4 aromatic rings. The fourth-order valence-corrected chi connectivity index (χ4v) is 6.19. The Morgan fingerprint density at radius 2 is 1.67 bits per heavy atom. The number of ether oxygens (including phenoxy) is 3. The smallest absolute Gasteiger partial charge is 0.264 e. The van der Waals surface area contributed by atoms with Gasteiger partial charge in [-0.3, -0.25) is 9.10 Å². The number of amides is 1. The molecule has 43 heavy (non-hydrogen) atoms. The summed E-state index contributed by atoms with van der Waals surface area (Å²) in [5, 5.41) is 4.68. The average molecular weight is 687 g/mol. The number of carbonyl (C=O) groups excluding carboxylic acids is 1. The van der Waals surface area contributed by atoms with Crippen molar-refractivity contribution < 1.29 is 27.4 Å². The van der Waals surface area contributed by atoms with E-state index in [2.05, 4.69) is 26.5 Å². The maximum Gasteiger partial charge on any atom is 0.264 e. The molecule has 0 fully saturated rings. The van der Waals surface area contributed by atoms with Crippen LogP contribution in [0.1, 0.15) is 16.7 Å². The Morgan fingerprint density at radius 1 is 0.977 bits per heavy atom. The third kappa shape index (κ3) is 8.07. The molecule has 9 nitrogen and oxygen atoms in total. The van der Waals surface area contributed by atoms with Gasteiger partial charge < -0.3 is 14.2 Å². The highest BCUT2D eigenvalue weighted by molar-refractivity contribution is 9.10. The fourth-order valence-electron chi connectivity index (χ4n) is 4.05. The van der Waals surface area contributed by atoms with Crippen LogP contribution in [0.5, 0.6) is 17.2 Å². The van der Waals surface area contributed by atoms with Crippen LogP contribution in [0.25, 0.3) is 0 Å². The minimum Gasteiger partial charge on any atom is -0.495 e. The second-order valence-corrected chi connectivity index (χ2v) is 12.4. The summed E-state index contributed by atoms with van der Waals surface area (Å²) < 4.78 is 45.8. The number of aryl methyl sites for hydroxylation is 1. The summed E-state index contributed by atoms with van der Waals surface area (Å²) in [6.07, 6.45) is 1.41. The minimum absolute atomic E-state index is 0.0326. The third-order valence-corrected chi connectivity index (χ3v) is 8.79. The number of hydrogen-bond acceptors (Lipinski definition) is 7. The molecule has 0 unspecified atom stereocenters. The van der Waals surface area contributed by atoms with E-state index in [0.717, 1.165) is 15.4 Å². The van der Waals surface area contributed by atoms with Gasteiger partial charge in [0, 0.05) is 5.02 Å². The van der Waals surface area contributed by atoms with Crippen molar-refractivity contribution in [1.29, 1.82) is 0 Å². The Hall–Kier alpha value is -4.06. The van der Waals surface area contributed by atoms with E-state index >= 15 is 0 Å². The van der Waals surface area contributed by atoms with E-state index in [1.165, 1.54) is 32.6 Å². The Balaban J connectivity index is 1.52. The summed E-state index contributed by atoms with van der Waals surface area (Å²) in [5.41, 5.74) is 4.96. The summed E-state index contributed by atoms with van der Waals surface area (Å²) >= 11 is 9.46. The number of halogens is 2. The van der Waals surface area contributed by atoms with Gasteiger partial charge in [0.1, 0.15) is 18.9 Å². The van der Waals surface area contributed by atoms with Crippen molar-refractivity contribution in [2.75, 3.05) is 25.1 Å². The van der Waals surface area contributed by atoms with Crippen LogP contribution < -0.4 is 23.9 Å². The lowest BCUT2D eigenvalue weighted by molar-refractivity contribution is -0.119. The molecule has 1 N–H and O–H groups in total. The van der Waals surface area contributed by atoms with Crippen LogP contribution in [0.3, 0.4) is 0 Å². The van der Waals surface area contributed by atoms with E-state index in [9.17, 15) is 13.2 Å². The van der Waals surface area contributed by atoms with E-state index < -0.39 is 22.5 Å². The first-order chi connectivity index (χ1) is 20.6. The molecule has 0 spiro atoms. The summed E-state index contributed by atoms with van der Waals surface area (Å²) in [5.74, 6) is 0.584. The van der Waals surface area contributed by atoms with Crippen LogP contribution in [0, 0.1) is 6.92 Å². The predicted molar refractivity (Wildman–Crippen MR) is 171 cm³/mol. The largest absolute Gasteiger partial charge is 0.495 e. The molecule has 0 saturated heterocycles. The monoisotopic (exact) mass is 685 g/mol. The Labute approximate surface area is 264 Å². The molecule has 0 bridgehead atoms. The third-order valence-electron chi connectivity index (χ3n) is 6.17. The maximum atomic E-state index is 13.7. The lowest BCUT2D eigenvalue weighted by atomic mass is 10.2. The van der Waals surface area contributed by atoms with Gasteiger partial charge in [0.15, 0.2) is 11.5 Å². The molecule has 12 heteroatoms. The van der Waals surface area contributed by atoms with E-state index in [4.69, 9.17) is 25.8 Å². The van der Waals surface area contributed by atoms with Gasteiger partial charge >= 0.3 is 0 Å². The van der Waals surface area contributed by atoms with Gasteiger partial charge in [-0.15, -0.1) is 0 Å². The second-order valence-electron chi connectivity index (χ2n) is 9.24. The van der Waals surface area contributed by atoms with Crippen molar-refractivity contribution in [3.8, 4) is 17.2 Å². The number of hydrogen-bond donors (Lipinski definition) is 1.